The Balaban J connectivity index is 1.35. The first-order valence-corrected chi connectivity index (χ1v) is 11.1. The van der Waals surface area contributed by atoms with Gasteiger partial charge >= 0.3 is 6.03 Å². The van der Waals surface area contributed by atoms with Crippen LogP contribution < -0.4 is 9.64 Å². The van der Waals surface area contributed by atoms with Crippen LogP contribution in [-0.4, -0.2) is 58.9 Å². The number of rotatable bonds is 4. The number of carbonyl (C=O) groups is 3. The molecule has 0 spiro atoms. The first-order chi connectivity index (χ1) is 15.8. The van der Waals surface area contributed by atoms with E-state index in [-0.39, 0.29) is 29.1 Å². The Morgan fingerprint density at radius 1 is 1.18 bits per heavy atom. The maximum Gasteiger partial charge on any atom is 0.332 e. The predicted octanol–water partition coefficient (Wildman–Crippen LogP) is 3.37. The molecule has 10 heteroatoms. The Bertz CT molecular complexity index is 1230. The number of likely N-dealkylation sites (tertiary alicyclic amines) is 1. The maximum absolute atomic E-state index is 13.4. The summed E-state index contributed by atoms with van der Waals surface area (Å²) >= 11 is 12.1. The topological polar surface area (TPSA) is 94.0 Å². The van der Waals surface area contributed by atoms with Crippen LogP contribution in [0.5, 0.6) is 5.75 Å². The molecule has 0 unspecified atom stereocenters. The molecule has 3 atom stereocenters. The molecule has 2 bridgehead atoms. The summed E-state index contributed by atoms with van der Waals surface area (Å²) in [5, 5.41) is 9.96. The smallest absolute Gasteiger partial charge is 0.332 e. The Morgan fingerprint density at radius 2 is 1.91 bits per heavy atom. The lowest BCUT2D eigenvalue weighted by atomic mass is 10.1. The van der Waals surface area contributed by atoms with Crippen LogP contribution in [0.2, 0.25) is 10.0 Å². The number of carbonyl (C=O) groups excluding carboxylic acids is 3. The van der Waals surface area contributed by atoms with E-state index in [0.717, 1.165) is 4.90 Å². The lowest BCUT2D eigenvalue weighted by Crippen LogP contribution is -2.55. The molecule has 3 aliphatic heterocycles. The van der Waals surface area contributed by atoms with Crippen LogP contribution >= 0.6 is 23.2 Å². The zero-order valence-electron chi connectivity index (χ0n) is 17.5. The fourth-order valence-corrected chi connectivity index (χ4v) is 5.26. The summed E-state index contributed by atoms with van der Waals surface area (Å²) < 4.78 is 5.58. The zero-order chi connectivity index (χ0) is 23.4. The number of benzene rings is 2. The van der Waals surface area contributed by atoms with Crippen LogP contribution in [0.3, 0.4) is 0 Å². The number of halogens is 2. The van der Waals surface area contributed by atoms with Crippen LogP contribution in [0.4, 0.5) is 10.5 Å². The first-order valence-electron chi connectivity index (χ1n) is 10.3. The molecule has 5 rings (SSSR count). The van der Waals surface area contributed by atoms with Gasteiger partial charge in [-0.1, -0.05) is 23.2 Å². The van der Waals surface area contributed by atoms with Crippen molar-refractivity contribution in [3.63, 3.8) is 0 Å². The largest absolute Gasteiger partial charge is 0.484 e. The predicted molar refractivity (Wildman–Crippen MR) is 120 cm³/mol. The molecule has 3 aliphatic rings. The van der Waals surface area contributed by atoms with E-state index in [0.29, 0.717) is 35.0 Å². The Kier molecular flexibility index (Phi) is 5.19. The molecule has 33 heavy (non-hydrogen) atoms. The summed E-state index contributed by atoms with van der Waals surface area (Å²) in [4.78, 5) is 43.8. The number of imide groups is 1. The maximum atomic E-state index is 13.4. The minimum Gasteiger partial charge on any atom is -0.484 e. The van der Waals surface area contributed by atoms with E-state index >= 15 is 0 Å². The minimum absolute atomic E-state index is 0.173. The molecule has 0 N–H and O–H groups in total. The van der Waals surface area contributed by atoms with Gasteiger partial charge in [-0.25, -0.2) is 9.69 Å². The van der Waals surface area contributed by atoms with Gasteiger partial charge in [-0.05, 0) is 55.3 Å². The Labute approximate surface area is 199 Å². The molecule has 168 valence electrons. The third-order valence-electron chi connectivity index (χ3n) is 6.48. The fourth-order valence-electron chi connectivity index (χ4n) is 4.93. The minimum atomic E-state index is -0.746. The van der Waals surface area contributed by atoms with Gasteiger partial charge in [0, 0.05) is 11.6 Å². The summed E-state index contributed by atoms with van der Waals surface area (Å²) in [6.07, 6.45) is 0.551. The van der Waals surface area contributed by atoms with Crippen molar-refractivity contribution in [1.29, 1.82) is 5.26 Å². The van der Waals surface area contributed by atoms with Crippen LogP contribution in [0.1, 0.15) is 17.5 Å². The van der Waals surface area contributed by atoms with E-state index < -0.39 is 24.0 Å². The molecule has 3 heterocycles. The highest BCUT2D eigenvalue weighted by molar-refractivity contribution is 6.33. The summed E-state index contributed by atoms with van der Waals surface area (Å²) in [6.45, 7) is 1.85. The first kappa shape index (κ1) is 21.6. The van der Waals surface area contributed by atoms with Crippen molar-refractivity contribution in [2.24, 2.45) is 0 Å². The number of hydrogen-bond donors (Lipinski definition) is 0. The second kappa shape index (κ2) is 7.94. The van der Waals surface area contributed by atoms with E-state index in [4.69, 9.17) is 27.9 Å². The van der Waals surface area contributed by atoms with Crippen molar-refractivity contribution in [1.82, 2.24) is 9.80 Å². The van der Waals surface area contributed by atoms with E-state index in [1.807, 2.05) is 6.07 Å². The molecule has 0 aliphatic carbocycles. The van der Waals surface area contributed by atoms with E-state index in [1.165, 1.54) is 6.07 Å². The van der Waals surface area contributed by atoms with Crippen LogP contribution in [-0.2, 0) is 9.59 Å². The molecular formula is C23H18Cl2N4O4. The number of hydrogen-bond acceptors (Lipinski definition) is 5. The summed E-state index contributed by atoms with van der Waals surface area (Å²) in [7, 11) is 0. The quantitative estimate of drug-likeness (QED) is 0.620. The molecule has 3 fully saturated rings. The third-order valence-corrected chi connectivity index (χ3v) is 7.22. The highest BCUT2D eigenvalue weighted by Crippen LogP contribution is 2.43. The number of piperazine rings is 1. The summed E-state index contributed by atoms with van der Waals surface area (Å²) in [5.41, 5.74) is 1.11. The molecule has 3 saturated heterocycles. The van der Waals surface area contributed by atoms with Gasteiger partial charge in [0.05, 0.1) is 28.4 Å². The number of ether oxygens (including phenoxy) is 1. The number of fused-ring (bicyclic) bond motifs is 5. The second-order valence-corrected chi connectivity index (χ2v) is 9.05. The highest BCUT2D eigenvalue weighted by Gasteiger charge is 2.63. The summed E-state index contributed by atoms with van der Waals surface area (Å²) in [6, 6.07) is 9.92. The van der Waals surface area contributed by atoms with Crippen molar-refractivity contribution < 1.29 is 19.1 Å². The average molecular weight is 485 g/mol. The van der Waals surface area contributed by atoms with Gasteiger partial charge in [0.1, 0.15) is 17.9 Å². The molecule has 8 nitrogen and oxygen atoms in total. The number of anilines is 1. The Hall–Kier alpha value is -3.28. The third kappa shape index (κ3) is 3.31. The standard InChI is InChI=1S/C23H18Cl2N4O4/c1-12-17(7-2-13(9-26)20(12)25)29-22(31)21-18-8-15(28(21)23(29)32)10-27(18)19(30)11-33-16-5-3-14(24)4-6-16/h2-7,15,18,21H,8,10-11H2,1H3/t15-,18-,21-/m0/s1. The monoisotopic (exact) mass is 484 g/mol. The lowest BCUT2D eigenvalue weighted by molar-refractivity contribution is -0.137. The molecule has 4 amide bonds. The number of nitriles is 1. The van der Waals surface area contributed by atoms with Gasteiger partial charge in [0.15, 0.2) is 6.61 Å². The van der Waals surface area contributed by atoms with Gasteiger partial charge in [-0.3, -0.25) is 9.59 Å². The van der Waals surface area contributed by atoms with Crippen molar-refractivity contribution in [2.75, 3.05) is 18.1 Å². The van der Waals surface area contributed by atoms with Gasteiger partial charge in [-0.2, -0.15) is 5.26 Å². The normalized spacial score (nSPS) is 23.2. The van der Waals surface area contributed by atoms with Crippen molar-refractivity contribution in [3.8, 4) is 11.8 Å². The lowest BCUT2D eigenvalue weighted by Gasteiger charge is -2.34. The number of urea groups is 1. The zero-order valence-corrected chi connectivity index (χ0v) is 19.0. The van der Waals surface area contributed by atoms with Gasteiger partial charge in [0.25, 0.3) is 11.8 Å². The van der Waals surface area contributed by atoms with Crippen molar-refractivity contribution in [2.45, 2.75) is 31.5 Å². The number of amides is 4. The van der Waals surface area contributed by atoms with E-state index in [2.05, 4.69) is 0 Å². The van der Waals surface area contributed by atoms with E-state index in [9.17, 15) is 19.6 Å². The fraction of sp³-hybridized carbons (Fsp3) is 0.304. The molecule has 0 radical (unpaired) electrons. The van der Waals surface area contributed by atoms with Crippen LogP contribution in [0, 0.1) is 18.3 Å². The molecule has 0 aromatic heterocycles. The summed E-state index contributed by atoms with van der Waals surface area (Å²) in [5.74, 6) is -0.119. The highest BCUT2D eigenvalue weighted by atomic mass is 35.5. The van der Waals surface area contributed by atoms with Crippen molar-refractivity contribution >= 4 is 46.7 Å². The Morgan fingerprint density at radius 3 is 2.61 bits per heavy atom. The molecule has 0 saturated carbocycles. The second-order valence-electron chi connectivity index (χ2n) is 8.24. The van der Waals surface area contributed by atoms with Gasteiger partial charge < -0.3 is 14.5 Å². The molecule has 2 aromatic carbocycles. The molecular weight excluding hydrogens is 467 g/mol. The molecule has 2 aromatic rings. The van der Waals surface area contributed by atoms with Crippen LogP contribution in [0.15, 0.2) is 36.4 Å². The van der Waals surface area contributed by atoms with E-state index in [1.54, 1.807) is 47.1 Å². The van der Waals surface area contributed by atoms with Gasteiger partial charge in [0.2, 0.25) is 0 Å². The van der Waals surface area contributed by atoms with Crippen LogP contribution in [0.25, 0.3) is 0 Å². The van der Waals surface area contributed by atoms with Crippen molar-refractivity contribution in [3.05, 3.63) is 57.6 Å². The SMILES string of the molecule is Cc1c(N2C(=O)[C@@H]3[C@@H]4C[C@@H](CN4C(=O)COc4ccc(Cl)cc4)N3C2=O)ccc(C#N)c1Cl. The van der Waals surface area contributed by atoms with Gasteiger partial charge in [-0.15, -0.1) is 0 Å². The number of nitrogens with zero attached hydrogens (tertiary/aromatic N) is 4. The average Bonchev–Trinajstić information content (AvgIpc) is 3.47.